The van der Waals surface area contributed by atoms with Crippen molar-refractivity contribution < 1.29 is 37.7 Å². The van der Waals surface area contributed by atoms with Crippen LogP contribution in [0, 0.1) is 34.3 Å². The van der Waals surface area contributed by atoms with E-state index in [2.05, 4.69) is 22.5 Å². The fraction of sp³-hybridized carbons (Fsp3) is 0.357. The van der Waals surface area contributed by atoms with Gasteiger partial charge < -0.3 is 44.3 Å². The number of pyridine rings is 2. The maximum Gasteiger partial charge on any atom is 0.343 e. The van der Waals surface area contributed by atoms with Crippen molar-refractivity contribution in [2.45, 2.75) is 89.8 Å². The largest absolute Gasteiger partial charge is 0.486 e. The van der Waals surface area contributed by atoms with E-state index < -0.39 is 41.3 Å². The van der Waals surface area contributed by atoms with Crippen LogP contribution in [0.5, 0.6) is 11.8 Å². The minimum Gasteiger partial charge on any atom is -0.486 e. The second kappa shape index (κ2) is 19.7. The number of hydrogen-bond acceptors (Lipinski definition) is 16. The number of piperazine rings is 1. The number of cyclic esters (lactones) is 1. The fourth-order valence-corrected chi connectivity index (χ4v) is 12.7. The number of benzene rings is 3. The molecule has 3 aromatic carbocycles. The lowest BCUT2D eigenvalue weighted by atomic mass is 9.86. The average molecular weight is 1080 g/mol. The number of thiophene rings is 1. The Morgan fingerprint density at radius 1 is 1.08 bits per heavy atom. The van der Waals surface area contributed by atoms with Crippen LogP contribution in [0.15, 0.2) is 59.4 Å². The van der Waals surface area contributed by atoms with Gasteiger partial charge in [-0.25, -0.2) is 18.6 Å². The predicted molar refractivity (Wildman–Crippen MR) is 287 cm³/mol. The molecule has 8 heterocycles. The predicted octanol–water partition coefficient (Wildman–Crippen LogP) is 8.28. The summed E-state index contributed by atoms with van der Waals surface area (Å²) < 4.78 is 52.1. The molecular formula is C56H51ClF2N10O7S. The summed E-state index contributed by atoms with van der Waals surface area (Å²) in [5.41, 5.74) is 7.84. The van der Waals surface area contributed by atoms with Gasteiger partial charge in [0.2, 0.25) is 0 Å². The Bertz CT molecular complexity index is 3860. The smallest absolute Gasteiger partial charge is 0.343 e. The van der Waals surface area contributed by atoms with Gasteiger partial charge in [0.15, 0.2) is 11.4 Å². The molecule has 4 atom stereocenters. The highest BCUT2D eigenvalue weighted by Crippen LogP contribution is 2.47. The van der Waals surface area contributed by atoms with Gasteiger partial charge in [-0.15, -0.1) is 11.3 Å². The van der Waals surface area contributed by atoms with Crippen LogP contribution in [0.4, 0.5) is 19.6 Å². The summed E-state index contributed by atoms with van der Waals surface area (Å²) in [5.74, 6) is -1.99. The zero-order chi connectivity index (χ0) is 54.4. The average Bonchev–Trinajstić information content (AvgIpc) is 4.35. The van der Waals surface area contributed by atoms with Gasteiger partial charge >= 0.3 is 12.0 Å². The third-order valence-corrected chi connectivity index (χ3v) is 17.0. The minimum absolute atomic E-state index is 0.000172. The van der Waals surface area contributed by atoms with Crippen LogP contribution in [0.3, 0.4) is 0 Å². The number of halogens is 3. The van der Waals surface area contributed by atoms with E-state index in [1.165, 1.54) is 18.2 Å². The van der Waals surface area contributed by atoms with Crippen molar-refractivity contribution >= 4 is 77.5 Å². The van der Waals surface area contributed by atoms with Crippen LogP contribution in [-0.4, -0.2) is 104 Å². The van der Waals surface area contributed by atoms with Crippen molar-refractivity contribution in [3.8, 4) is 46.4 Å². The first-order valence-electron chi connectivity index (χ1n) is 25.3. The molecular weight excluding hydrogens is 1030 g/mol. The molecule has 0 radical (unpaired) electrons. The number of ether oxygens (including phenoxy) is 3. The Labute approximate surface area is 449 Å². The number of anilines is 2. The number of nitrogen functional groups attached to an aromatic ring is 1. The number of likely N-dealkylation sites (tertiary alicyclic amines) is 1. The normalized spacial score (nSPS) is 19.4. The number of nitrogens with zero attached hydrogens (tertiary/aromatic N) is 9. The number of amides is 1. The first-order valence-corrected chi connectivity index (χ1v) is 26.5. The molecule has 17 nitrogen and oxygen atoms in total. The van der Waals surface area contributed by atoms with Gasteiger partial charge in [-0.05, 0) is 93.7 Å². The number of aromatic nitrogens is 4. The van der Waals surface area contributed by atoms with Gasteiger partial charge in [0.25, 0.3) is 11.5 Å². The maximum absolute atomic E-state index is 17.4. The molecule has 7 aromatic rings. The summed E-state index contributed by atoms with van der Waals surface area (Å²) in [6.07, 6.45) is 1.58. The molecule has 4 aromatic heterocycles. The van der Waals surface area contributed by atoms with Crippen LogP contribution >= 0.6 is 22.9 Å². The summed E-state index contributed by atoms with van der Waals surface area (Å²) in [5, 5.41) is 32.7. The van der Waals surface area contributed by atoms with Crippen LogP contribution in [-0.2, 0) is 39.5 Å². The Kier molecular flexibility index (Phi) is 13.1. The number of rotatable bonds is 12. The number of carbonyl (C=O) groups excluding carboxylic acids is 2. The van der Waals surface area contributed by atoms with Gasteiger partial charge in [-0.2, -0.15) is 20.5 Å². The molecule has 0 unspecified atom stereocenters. The highest BCUT2D eigenvalue weighted by atomic mass is 35.5. The molecule has 0 bridgehead atoms. The Hall–Kier alpha value is -7.75. The summed E-state index contributed by atoms with van der Waals surface area (Å²) in [7, 11) is 2.00. The van der Waals surface area contributed by atoms with Crippen LogP contribution in [0.25, 0.3) is 54.4 Å². The van der Waals surface area contributed by atoms with E-state index in [0.717, 1.165) is 47.2 Å². The van der Waals surface area contributed by atoms with Crippen molar-refractivity contribution in [1.29, 1.82) is 10.5 Å². The van der Waals surface area contributed by atoms with Crippen molar-refractivity contribution in [2.75, 3.05) is 50.5 Å². The standard InChI is InChI=1S/C56H51ClF2N10O7S/c1-6-32-34-19-31(10-13-42(34)63-47-37(32)24-69-43(47)21-39-38(53(69)71)26-74-54(72)56(39,73)7-2)76-28(4)27(3)52(70)68-18-17-67(23-29(68)14-15-60)51-35-20-40(57)45(33-11-12-41(58)49-44(33)36(22-61)50(62)77-49)46(59)48(35)64-55(65-51)75-25-30-9-8-16-66(30)5/h10-13,19-21,28-30,73H,3,6-9,14,16-18,23-26,62H2,1-2,4-5H3/t28-,29-,30-,56-/m0/s1. The topological polar surface area (TPSA) is 226 Å². The summed E-state index contributed by atoms with van der Waals surface area (Å²) >= 11 is 7.87. The highest BCUT2D eigenvalue weighted by molar-refractivity contribution is 7.23. The van der Waals surface area contributed by atoms with E-state index in [1.807, 2.05) is 31.0 Å². The zero-order valence-corrected chi connectivity index (χ0v) is 44.1. The molecule has 4 aliphatic heterocycles. The quantitative estimate of drug-likeness (QED) is 0.0867. The van der Waals surface area contributed by atoms with E-state index in [0.29, 0.717) is 29.1 Å². The van der Waals surface area contributed by atoms with Gasteiger partial charge in [0.1, 0.15) is 53.3 Å². The van der Waals surface area contributed by atoms with Gasteiger partial charge in [-0.1, -0.05) is 38.1 Å². The van der Waals surface area contributed by atoms with Crippen molar-refractivity contribution in [3.63, 3.8) is 0 Å². The molecule has 1 amide bonds. The van der Waals surface area contributed by atoms with E-state index in [4.69, 9.17) is 41.5 Å². The van der Waals surface area contributed by atoms with Crippen molar-refractivity contribution in [3.05, 3.63) is 109 Å². The van der Waals surface area contributed by atoms with Gasteiger partial charge in [0, 0.05) is 64.1 Å². The Balaban J connectivity index is 0.869. The molecule has 11 rings (SSSR count). The maximum atomic E-state index is 17.4. The number of carbonyl (C=O) groups is 2. The first kappa shape index (κ1) is 51.4. The number of aryl methyl sites for hydroxylation is 1. The third kappa shape index (κ3) is 8.36. The Morgan fingerprint density at radius 3 is 2.61 bits per heavy atom. The molecule has 0 saturated carbocycles. The Morgan fingerprint density at radius 2 is 1.88 bits per heavy atom. The van der Waals surface area contributed by atoms with Gasteiger partial charge in [0.05, 0.1) is 62.8 Å². The monoisotopic (exact) mass is 1080 g/mol. The summed E-state index contributed by atoms with van der Waals surface area (Å²) in [6.45, 7) is 11.1. The number of aliphatic hydroxyl groups is 1. The molecule has 2 saturated heterocycles. The molecule has 394 valence electrons. The number of nitrogens with two attached hydrogens (primary N) is 1. The van der Waals surface area contributed by atoms with E-state index in [9.17, 15) is 30.0 Å². The fourth-order valence-electron chi connectivity index (χ4n) is 11.4. The van der Waals surface area contributed by atoms with Crippen LogP contribution in [0.2, 0.25) is 5.02 Å². The number of likely N-dealkylation sites (N-methyl/N-ethyl adjacent to an activating group) is 1. The molecule has 4 aliphatic rings. The third-order valence-electron chi connectivity index (χ3n) is 15.7. The second-order valence-electron chi connectivity index (χ2n) is 19.9. The van der Waals surface area contributed by atoms with Crippen LogP contribution in [0.1, 0.15) is 74.3 Å². The van der Waals surface area contributed by atoms with Crippen LogP contribution < -0.4 is 25.7 Å². The van der Waals surface area contributed by atoms with Gasteiger partial charge in [-0.3, -0.25) is 9.59 Å². The molecule has 3 N–H and O–H groups in total. The molecule has 0 spiro atoms. The lowest BCUT2D eigenvalue weighted by molar-refractivity contribution is -0.172. The lowest BCUT2D eigenvalue weighted by Gasteiger charge is -2.42. The number of fused-ring (bicyclic) bond motifs is 7. The highest BCUT2D eigenvalue weighted by Gasteiger charge is 2.46. The van der Waals surface area contributed by atoms with E-state index in [1.54, 1.807) is 41.5 Å². The molecule has 77 heavy (non-hydrogen) atoms. The van der Waals surface area contributed by atoms with Crippen molar-refractivity contribution in [2.24, 2.45) is 0 Å². The van der Waals surface area contributed by atoms with E-state index in [-0.39, 0.29) is 140 Å². The summed E-state index contributed by atoms with van der Waals surface area (Å²) in [4.78, 5) is 61.1. The number of hydrogen-bond donors (Lipinski definition) is 2. The second-order valence-corrected chi connectivity index (χ2v) is 21.4. The number of nitriles is 2. The lowest BCUT2D eigenvalue weighted by Crippen LogP contribution is -2.56. The molecule has 2 fully saturated rings. The summed E-state index contributed by atoms with van der Waals surface area (Å²) in [6, 6.07) is 14.7. The molecule has 21 heteroatoms. The SMILES string of the molecule is C=C(C(=O)N1CCN(c2nc(OC[C@@H]3CCCN3C)nc3c(F)c(-c4ccc(F)c5sc(N)c(C#N)c45)c(Cl)cc23)C[C@@H]1CC#N)[C@H](C)Oc1ccc2nc3c(c(CC)c2c1)Cn1c-3cc2c(c1=O)COC(=O)[C@]2(O)CC. The van der Waals surface area contributed by atoms with Crippen molar-refractivity contribution in [1.82, 2.24) is 29.3 Å². The number of esters is 1. The minimum atomic E-state index is -1.95. The zero-order valence-electron chi connectivity index (χ0n) is 42.5. The first-order chi connectivity index (χ1) is 37.0. The molecule has 0 aliphatic carbocycles. The van der Waals surface area contributed by atoms with E-state index >= 15 is 8.78 Å².